The van der Waals surface area contributed by atoms with Crippen LogP contribution in [0.15, 0.2) is 24.3 Å². The van der Waals surface area contributed by atoms with Crippen LogP contribution in [-0.4, -0.2) is 31.6 Å². The summed E-state index contributed by atoms with van der Waals surface area (Å²) in [4.78, 5) is 2.36. The number of rotatable bonds is 11. The fourth-order valence-electron chi connectivity index (χ4n) is 2.22. The van der Waals surface area contributed by atoms with Crippen molar-refractivity contribution >= 4 is 0 Å². The van der Waals surface area contributed by atoms with Gasteiger partial charge in [-0.25, -0.2) is 0 Å². The van der Waals surface area contributed by atoms with Crippen molar-refractivity contribution in [1.29, 1.82) is 0 Å². The Bertz CT molecular complexity index is 351. The van der Waals surface area contributed by atoms with Crippen LogP contribution in [0.5, 0.6) is 5.75 Å². The van der Waals surface area contributed by atoms with Gasteiger partial charge in [0.2, 0.25) is 0 Å². The van der Waals surface area contributed by atoms with Crippen LogP contribution >= 0.6 is 0 Å². The molecule has 1 radical (unpaired) electrons. The maximum Gasteiger partial charge on any atom is 0.122 e. The summed E-state index contributed by atoms with van der Waals surface area (Å²) in [6.45, 7) is 9.07. The summed E-state index contributed by atoms with van der Waals surface area (Å²) in [5.41, 5.74) is 1.31. The van der Waals surface area contributed by atoms with E-state index < -0.39 is 0 Å². The van der Waals surface area contributed by atoms with Crippen molar-refractivity contribution in [2.45, 2.75) is 45.4 Å². The monoisotopic (exact) mass is 276 g/mol. The Hall–Kier alpha value is -1.02. The average molecular weight is 276 g/mol. The minimum absolute atomic E-state index is 0.768. The summed E-state index contributed by atoms with van der Waals surface area (Å²) < 4.78 is 5.95. The number of benzene rings is 1. The van der Waals surface area contributed by atoms with Crippen molar-refractivity contribution in [2.24, 2.45) is 0 Å². The Kier molecular flexibility index (Phi) is 9.14. The van der Waals surface area contributed by atoms with E-state index in [4.69, 9.17) is 4.74 Å². The zero-order valence-electron chi connectivity index (χ0n) is 13.2. The fraction of sp³-hybridized carbons (Fsp3) is 0.611. The van der Waals surface area contributed by atoms with Crippen LogP contribution < -0.4 is 4.74 Å². The lowest BCUT2D eigenvalue weighted by Crippen LogP contribution is -2.25. The lowest BCUT2D eigenvalue weighted by Gasteiger charge is -2.17. The minimum atomic E-state index is 0.768. The molecule has 0 heterocycles. The van der Waals surface area contributed by atoms with Crippen molar-refractivity contribution in [1.82, 2.24) is 4.90 Å². The molecule has 0 aromatic heterocycles. The lowest BCUT2D eigenvalue weighted by molar-refractivity contribution is 0.233. The molecule has 0 aliphatic rings. The molecule has 20 heavy (non-hydrogen) atoms. The standard InChI is InChI=1S/C18H30NO/c1-4-6-10-14-19(3)15-16-20-18-13-9-8-12-17(18)11-7-5-2/h8-9,12-13H,2,4-7,10-11,14-16H2,1,3H3. The van der Waals surface area contributed by atoms with Gasteiger partial charge in [0.05, 0.1) is 0 Å². The molecule has 113 valence electrons. The van der Waals surface area contributed by atoms with E-state index in [0.29, 0.717) is 0 Å². The van der Waals surface area contributed by atoms with Crippen LogP contribution in [0.1, 0.15) is 44.6 Å². The van der Waals surface area contributed by atoms with E-state index in [1.807, 2.05) is 6.07 Å². The number of unbranched alkanes of at least 4 members (excludes halogenated alkanes) is 3. The highest BCUT2D eigenvalue weighted by atomic mass is 16.5. The molecular formula is C18H30NO. The highest BCUT2D eigenvalue weighted by molar-refractivity contribution is 5.33. The zero-order chi connectivity index (χ0) is 14.6. The quantitative estimate of drug-likeness (QED) is 0.557. The summed E-state index contributed by atoms with van der Waals surface area (Å²) in [5, 5.41) is 0. The van der Waals surface area contributed by atoms with Gasteiger partial charge >= 0.3 is 0 Å². The second kappa shape index (κ2) is 10.7. The van der Waals surface area contributed by atoms with Gasteiger partial charge in [0.15, 0.2) is 0 Å². The molecule has 0 amide bonds. The molecule has 0 aliphatic carbocycles. The highest BCUT2D eigenvalue weighted by Gasteiger charge is 2.03. The maximum atomic E-state index is 5.95. The number of likely N-dealkylation sites (N-methyl/N-ethyl adjacent to an activating group) is 1. The Balaban J connectivity index is 2.30. The van der Waals surface area contributed by atoms with E-state index in [9.17, 15) is 0 Å². The first-order valence-electron chi connectivity index (χ1n) is 7.96. The van der Waals surface area contributed by atoms with Gasteiger partial charge in [-0.15, -0.1) is 0 Å². The van der Waals surface area contributed by atoms with Crippen molar-refractivity contribution in [2.75, 3.05) is 26.7 Å². The molecule has 0 saturated heterocycles. The van der Waals surface area contributed by atoms with Crippen LogP contribution in [-0.2, 0) is 6.42 Å². The molecule has 2 nitrogen and oxygen atoms in total. The summed E-state index contributed by atoms with van der Waals surface area (Å²) >= 11 is 0. The molecule has 0 saturated carbocycles. The number of para-hydroxylation sites is 1. The van der Waals surface area contributed by atoms with E-state index in [1.54, 1.807) is 0 Å². The third-order valence-corrected chi connectivity index (χ3v) is 3.54. The molecule has 2 heteroatoms. The number of hydrogen-bond donors (Lipinski definition) is 0. The smallest absolute Gasteiger partial charge is 0.122 e. The van der Waals surface area contributed by atoms with Gasteiger partial charge < -0.3 is 9.64 Å². The van der Waals surface area contributed by atoms with Gasteiger partial charge in [-0.2, -0.15) is 0 Å². The van der Waals surface area contributed by atoms with E-state index in [1.165, 1.54) is 31.4 Å². The molecule has 1 rings (SSSR count). The first-order chi connectivity index (χ1) is 9.77. The minimum Gasteiger partial charge on any atom is -0.492 e. The molecule has 0 N–H and O–H groups in total. The Morgan fingerprint density at radius 1 is 1.10 bits per heavy atom. The second-order valence-electron chi connectivity index (χ2n) is 5.42. The van der Waals surface area contributed by atoms with E-state index in [-0.39, 0.29) is 0 Å². The summed E-state index contributed by atoms with van der Waals surface area (Å²) in [7, 11) is 2.17. The van der Waals surface area contributed by atoms with Crippen LogP contribution in [0.4, 0.5) is 0 Å². The van der Waals surface area contributed by atoms with E-state index in [0.717, 1.165) is 38.2 Å². The first kappa shape index (κ1) is 17.0. The summed E-state index contributed by atoms with van der Waals surface area (Å²) in [6, 6.07) is 8.38. The van der Waals surface area contributed by atoms with Gasteiger partial charge in [0, 0.05) is 6.54 Å². The van der Waals surface area contributed by atoms with Crippen LogP contribution in [0, 0.1) is 6.92 Å². The van der Waals surface area contributed by atoms with Gasteiger partial charge in [-0.3, -0.25) is 0 Å². The fourth-order valence-corrected chi connectivity index (χ4v) is 2.22. The molecule has 0 spiro atoms. The number of aryl methyl sites for hydroxylation is 1. The van der Waals surface area contributed by atoms with Gasteiger partial charge in [0.1, 0.15) is 12.4 Å². The van der Waals surface area contributed by atoms with Crippen molar-refractivity contribution in [3.8, 4) is 5.75 Å². The largest absolute Gasteiger partial charge is 0.492 e. The topological polar surface area (TPSA) is 12.5 Å². The predicted octanol–water partition coefficient (Wildman–Crippen LogP) is 4.34. The second-order valence-corrected chi connectivity index (χ2v) is 5.42. The number of ether oxygens (including phenoxy) is 1. The van der Waals surface area contributed by atoms with Gasteiger partial charge in [-0.05, 0) is 44.5 Å². The average Bonchev–Trinajstić information content (AvgIpc) is 2.46. The molecule has 0 unspecified atom stereocenters. The molecule has 0 aliphatic heterocycles. The SMILES string of the molecule is [CH2]CCCc1ccccc1OCCN(C)CCCCC. The molecular weight excluding hydrogens is 246 g/mol. The maximum absolute atomic E-state index is 5.95. The van der Waals surface area contributed by atoms with Gasteiger partial charge in [0.25, 0.3) is 0 Å². The molecule has 1 aromatic carbocycles. The Morgan fingerprint density at radius 2 is 1.90 bits per heavy atom. The van der Waals surface area contributed by atoms with Crippen molar-refractivity contribution in [3.05, 3.63) is 36.8 Å². The van der Waals surface area contributed by atoms with Crippen LogP contribution in [0.25, 0.3) is 0 Å². The Morgan fingerprint density at radius 3 is 2.65 bits per heavy atom. The lowest BCUT2D eigenvalue weighted by atomic mass is 10.1. The van der Waals surface area contributed by atoms with E-state index >= 15 is 0 Å². The predicted molar refractivity (Wildman–Crippen MR) is 87.3 cm³/mol. The zero-order valence-corrected chi connectivity index (χ0v) is 13.2. The van der Waals surface area contributed by atoms with Gasteiger partial charge in [-0.1, -0.05) is 51.3 Å². The van der Waals surface area contributed by atoms with Crippen molar-refractivity contribution in [3.63, 3.8) is 0 Å². The summed E-state index contributed by atoms with van der Waals surface area (Å²) in [6.07, 6.45) is 7.05. The third kappa shape index (κ3) is 6.95. The normalized spacial score (nSPS) is 11.0. The first-order valence-corrected chi connectivity index (χ1v) is 7.96. The van der Waals surface area contributed by atoms with Crippen LogP contribution in [0.3, 0.4) is 0 Å². The molecule has 0 bridgehead atoms. The molecule has 0 atom stereocenters. The highest BCUT2D eigenvalue weighted by Crippen LogP contribution is 2.19. The summed E-state index contributed by atoms with van der Waals surface area (Å²) in [5.74, 6) is 1.04. The van der Waals surface area contributed by atoms with Crippen LogP contribution in [0.2, 0.25) is 0 Å². The number of hydrogen-bond acceptors (Lipinski definition) is 2. The molecule has 1 aromatic rings. The Labute approximate surface area is 125 Å². The molecule has 0 fully saturated rings. The van der Waals surface area contributed by atoms with E-state index in [2.05, 4.69) is 44.0 Å². The third-order valence-electron chi connectivity index (χ3n) is 3.54. The van der Waals surface area contributed by atoms with Crippen molar-refractivity contribution < 1.29 is 4.74 Å². The number of nitrogens with zero attached hydrogens (tertiary/aromatic N) is 1.